The molecule has 0 radical (unpaired) electrons. The molecule has 1 aromatic heterocycles. The average Bonchev–Trinajstić information content (AvgIpc) is 2.33. The van der Waals surface area contributed by atoms with Crippen molar-refractivity contribution in [2.24, 2.45) is 0 Å². The number of fused-ring (bicyclic) bond motifs is 1. The van der Waals surface area contributed by atoms with Crippen molar-refractivity contribution in [3.05, 3.63) is 35.9 Å². The van der Waals surface area contributed by atoms with E-state index in [1.807, 2.05) is 35.2 Å². The molecule has 0 aliphatic carbocycles. The molecule has 0 bridgehead atoms. The first-order chi connectivity index (χ1) is 8.28. The Morgan fingerprint density at radius 3 is 2.82 bits per heavy atom. The van der Waals surface area contributed by atoms with E-state index in [9.17, 15) is 5.11 Å². The Hall–Kier alpha value is -2.12. The van der Waals surface area contributed by atoms with Gasteiger partial charge in [-0.1, -0.05) is 18.2 Å². The van der Waals surface area contributed by atoms with Crippen LogP contribution in [0.2, 0.25) is 0 Å². The molecule has 3 rings (SSSR count). The van der Waals surface area contributed by atoms with E-state index in [-0.39, 0.29) is 6.10 Å². The Morgan fingerprint density at radius 2 is 2.12 bits per heavy atom. The van der Waals surface area contributed by atoms with E-state index in [0.717, 1.165) is 10.9 Å². The molecule has 2 heterocycles. The van der Waals surface area contributed by atoms with Crippen molar-refractivity contribution < 1.29 is 5.11 Å². The number of rotatable bonds is 1. The van der Waals surface area contributed by atoms with Crippen molar-refractivity contribution in [3.63, 3.8) is 0 Å². The lowest BCUT2D eigenvalue weighted by Gasteiger charge is -2.37. The van der Waals surface area contributed by atoms with Crippen molar-refractivity contribution in [1.29, 1.82) is 5.26 Å². The van der Waals surface area contributed by atoms with E-state index in [4.69, 9.17) is 5.26 Å². The lowest BCUT2D eigenvalue weighted by atomic mass is 10.1. The number of benzene rings is 1. The average molecular weight is 225 g/mol. The molecular formula is C13H11N3O. The molecule has 1 aromatic carbocycles. The number of hydrogen-bond acceptors (Lipinski definition) is 4. The number of para-hydroxylation sites is 1. The Bertz CT molecular complexity index is 612. The monoisotopic (exact) mass is 225 g/mol. The van der Waals surface area contributed by atoms with Gasteiger partial charge in [0, 0.05) is 18.5 Å². The highest BCUT2D eigenvalue weighted by molar-refractivity contribution is 5.83. The maximum atomic E-state index is 9.30. The summed E-state index contributed by atoms with van der Waals surface area (Å²) in [6.07, 6.45) is -0.296. The van der Waals surface area contributed by atoms with Gasteiger partial charge < -0.3 is 10.0 Å². The number of aromatic nitrogens is 1. The van der Waals surface area contributed by atoms with Gasteiger partial charge in [0.15, 0.2) is 0 Å². The fraction of sp³-hybridized carbons (Fsp3) is 0.231. The standard InChI is InChI=1S/C13H11N3O/c14-6-10-5-9-3-1-2-4-12(9)15-13(10)16-7-11(17)8-16/h1-5,11,17H,7-8H2. The van der Waals surface area contributed by atoms with Gasteiger partial charge >= 0.3 is 0 Å². The van der Waals surface area contributed by atoms with Gasteiger partial charge in [-0.2, -0.15) is 5.26 Å². The number of pyridine rings is 1. The molecule has 2 aromatic rings. The molecule has 0 amide bonds. The van der Waals surface area contributed by atoms with Crippen LogP contribution >= 0.6 is 0 Å². The van der Waals surface area contributed by atoms with Gasteiger partial charge in [-0.3, -0.25) is 0 Å². The van der Waals surface area contributed by atoms with Crippen LogP contribution in [-0.4, -0.2) is 29.3 Å². The lowest BCUT2D eigenvalue weighted by molar-refractivity contribution is 0.141. The number of nitrogens with zero attached hydrogens (tertiary/aromatic N) is 3. The van der Waals surface area contributed by atoms with Crippen LogP contribution in [0.5, 0.6) is 0 Å². The van der Waals surface area contributed by atoms with Crippen molar-refractivity contribution in [2.45, 2.75) is 6.10 Å². The summed E-state index contributed by atoms with van der Waals surface area (Å²) in [7, 11) is 0. The van der Waals surface area contributed by atoms with E-state index in [1.54, 1.807) is 0 Å². The summed E-state index contributed by atoms with van der Waals surface area (Å²) in [5.74, 6) is 0.677. The summed E-state index contributed by atoms with van der Waals surface area (Å²) in [6, 6.07) is 11.7. The molecule has 0 saturated carbocycles. The quantitative estimate of drug-likeness (QED) is 0.794. The van der Waals surface area contributed by atoms with Crippen molar-refractivity contribution in [1.82, 2.24) is 4.98 Å². The third-order valence-corrected chi connectivity index (χ3v) is 2.99. The highest BCUT2D eigenvalue weighted by atomic mass is 16.3. The van der Waals surface area contributed by atoms with Gasteiger partial charge in [-0.05, 0) is 12.1 Å². The summed E-state index contributed by atoms with van der Waals surface area (Å²) < 4.78 is 0. The number of hydrogen-bond donors (Lipinski definition) is 1. The molecule has 4 nitrogen and oxygen atoms in total. The third kappa shape index (κ3) is 1.61. The summed E-state index contributed by atoms with van der Waals surface area (Å²) in [6.45, 7) is 1.11. The molecular weight excluding hydrogens is 214 g/mol. The Kier molecular flexibility index (Phi) is 2.20. The molecule has 0 atom stereocenters. The van der Waals surface area contributed by atoms with E-state index in [1.165, 1.54) is 0 Å². The van der Waals surface area contributed by atoms with Gasteiger partial charge in [0.2, 0.25) is 0 Å². The zero-order valence-electron chi connectivity index (χ0n) is 9.17. The minimum atomic E-state index is -0.296. The second kappa shape index (κ2) is 3.72. The molecule has 4 heteroatoms. The van der Waals surface area contributed by atoms with Gasteiger partial charge in [0.25, 0.3) is 0 Å². The van der Waals surface area contributed by atoms with Crippen LogP contribution in [0.1, 0.15) is 5.56 Å². The molecule has 0 spiro atoms. The number of nitriles is 1. The Balaban J connectivity index is 2.13. The van der Waals surface area contributed by atoms with E-state index in [2.05, 4.69) is 11.1 Å². The lowest BCUT2D eigenvalue weighted by Crippen LogP contribution is -2.51. The normalized spacial score (nSPS) is 15.6. The predicted molar refractivity (Wildman–Crippen MR) is 64.7 cm³/mol. The first-order valence-corrected chi connectivity index (χ1v) is 5.51. The van der Waals surface area contributed by atoms with Gasteiger partial charge in [0.1, 0.15) is 11.9 Å². The molecule has 1 saturated heterocycles. The fourth-order valence-corrected chi connectivity index (χ4v) is 2.06. The topological polar surface area (TPSA) is 60.2 Å². The van der Waals surface area contributed by atoms with E-state index >= 15 is 0 Å². The maximum Gasteiger partial charge on any atom is 0.147 e. The highest BCUT2D eigenvalue weighted by Crippen LogP contribution is 2.26. The summed E-state index contributed by atoms with van der Waals surface area (Å²) >= 11 is 0. The van der Waals surface area contributed by atoms with Crippen molar-refractivity contribution in [2.75, 3.05) is 18.0 Å². The number of anilines is 1. The van der Waals surface area contributed by atoms with Crippen LogP contribution in [0, 0.1) is 11.3 Å². The molecule has 1 N–H and O–H groups in total. The fourth-order valence-electron chi connectivity index (χ4n) is 2.06. The SMILES string of the molecule is N#Cc1cc2ccccc2nc1N1CC(O)C1. The summed E-state index contributed by atoms with van der Waals surface area (Å²) in [5, 5.41) is 19.4. The van der Waals surface area contributed by atoms with Crippen LogP contribution in [0.25, 0.3) is 10.9 Å². The Morgan fingerprint density at radius 1 is 1.35 bits per heavy atom. The summed E-state index contributed by atoms with van der Waals surface area (Å²) in [4.78, 5) is 6.42. The zero-order valence-corrected chi connectivity index (χ0v) is 9.17. The molecule has 1 aliphatic heterocycles. The number of β-amino-alcohol motifs (C(OH)–C–C–N with tert-alkyl or cyclic N) is 1. The smallest absolute Gasteiger partial charge is 0.147 e. The second-order valence-corrected chi connectivity index (χ2v) is 4.22. The molecule has 84 valence electrons. The van der Waals surface area contributed by atoms with Crippen LogP contribution in [-0.2, 0) is 0 Å². The second-order valence-electron chi connectivity index (χ2n) is 4.22. The zero-order chi connectivity index (χ0) is 11.8. The molecule has 1 aliphatic rings. The molecule has 0 unspecified atom stereocenters. The molecule has 17 heavy (non-hydrogen) atoms. The minimum absolute atomic E-state index is 0.296. The van der Waals surface area contributed by atoms with Gasteiger partial charge in [-0.25, -0.2) is 4.98 Å². The largest absolute Gasteiger partial charge is 0.389 e. The van der Waals surface area contributed by atoms with Crippen molar-refractivity contribution >= 4 is 16.7 Å². The van der Waals surface area contributed by atoms with Crippen LogP contribution in [0.4, 0.5) is 5.82 Å². The van der Waals surface area contributed by atoms with E-state index in [0.29, 0.717) is 24.5 Å². The molecule has 1 fully saturated rings. The predicted octanol–water partition coefficient (Wildman–Crippen LogP) is 1.29. The van der Waals surface area contributed by atoms with Crippen molar-refractivity contribution in [3.8, 4) is 6.07 Å². The first-order valence-electron chi connectivity index (χ1n) is 5.51. The van der Waals surface area contributed by atoms with Crippen LogP contribution < -0.4 is 4.90 Å². The minimum Gasteiger partial charge on any atom is -0.389 e. The van der Waals surface area contributed by atoms with Crippen LogP contribution in [0.3, 0.4) is 0 Å². The third-order valence-electron chi connectivity index (χ3n) is 2.99. The first kappa shape index (κ1) is 10.1. The van der Waals surface area contributed by atoms with E-state index < -0.39 is 0 Å². The Labute approximate surface area is 98.7 Å². The summed E-state index contributed by atoms with van der Waals surface area (Å²) in [5.41, 5.74) is 1.44. The number of aliphatic hydroxyl groups excluding tert-OH is 1. The number of aliphatic hydroxyl groups is 1. The van der Waals surface area contributed by atoms with Gasteiger partial charge in [0.05, 0.1) is 17.2 Å². The van der Waals surface area contributed by atoms with Crippen LogP contribution in [0.15, 0.2) is 30.3 Å². The highest BCUT2D eigenvalue weighted by Gasteiger charge is 2.27. The van der Waals surface area contributed by atoms with Gasteiger partial charge in [-0.15, -0.1) is 0 Å². The maximum absolute atomic E-state index is 9.30.